The summed E-state index contributed by atoms with van der Waals surface area (Å²) in [6.45, 7) is 12.1. The maximum atomic E-state index is 14.5. The van der Waals surface area contributed by atoms with Crippen LogP contribution in [0.25, 0.3) is 11.4 Å². The first-order chi connectivity index (χ1) is 23.2. The molecule has 0 saturated heterocycles. The fourth-order valence-electron chi connectivity index (χ4n) is 9.71. The third kappa shape index (κ3) is 4.52. The van der Waals surface area contributed by atoms with E-state index >= 15 is 0 Å². The summed E-state index contributed by atoms with van der Waals surface area (Å²) in [5, 5.41) is 3.11. The number of aromatic amines is 1. The fraction of sp³-hybridized carbons (Fsp3) is 0.514. The molecule has 8 rings (SSSR count). The Morgan fingerprint density at radius 3 is 1.80 bits per heavy atom. The predicted octanol–water partition coefficient (Wildman–Crippen LogP) is 8.66. The molecule has 0 unspecified atom stereocenters. The van der Waals surface area contributed by atoms with Crippen LogP contribution in [0.2, 0.25) is 0 Å². The summed E-state index contributed by atoms with van der Waals surface area (Å²) < 4.78 is 97.3. The van der Waals surface area contributed by atoms with E-state index in [9.17, 15) is 40.3 Å². The highest BCUT2D eigenvalue weighted by molar-refractivity contribution is 5.48. The fourth-order valence-corrected chi connectivity index (χ4v) is 9.71. The van der Waals surface area contributed by atoms with E-state index in [0.717, 1.165) is 65.9 Å². The Balaban J connectivity index is 0.000000161. The Bertz CT molecular complexity index is 2170. The summed E-state index contributed by atoms with van der Waals surface area (Å²) in [4.78, 5) is 26.1. The van der Waals surface area contributed by atoms with Crippen LogP contribution in [0.15, 0.2) is 46.0 Å². The highest BCUT2D eigenvalue weighted by Crippen LogP contribution is 2.68. The van der Waals surface area contributed by atoms with E-state index in [1.165, 1.54) is 15.4 Å². The van der Waals surface area contributed by atoms with E-state index in [1.54, 1.807) is 0 Å². The van der Waals surface area contributed by atoms with E-state index in [-0.39, 0.29) is 45.0 Å². The van der Waals surface area contributed by atoms with Crippen molar-refractivity contribution in [1.29, 1.82) is 0 Å². The van der Waals surface area contributed by atoms with Gasteiger partial charge in [-0.3, -0.25) is 19.4 Å². The van der Waals surface area contributed by atoms with Crippen molar-refractivity contribution in [3.8, 4) is 11.4 Å². The smallest absolute Gasteiger partial charge is 0.294 e. The quantitative estimate of drug-likeness (QED) is 0.216. The molecule has 4 aliphatic rings. The molecule has 0 spiro atoms. The molecule has 50 heavy (non-hydrogen) atoms. The summed E-state index contributed by atoms with van der Waals surface area (Å²) in [5.41, 5.74) is 1.01. The number of nitrogens with zero attached hydrogens (tertiary/aromatic N) is 3. The van der Waals surface area contributed by atoms with Crippen molar-refractivity contribution in [2.45, 2.75) is 109 Å². The molecular weight excluding hydrogens is 665 g/mol. The molecule has 6 nitrogen and oxygen atoms in total. The van der Waals surface area contributed by atoms with Gasteiger partial charge in [-0.05, 0) is 72.6 Å². The van der Waals surface area contributed by atoms with Crippen LogP contribution in [0.1, 0.15) is 108 Å². The molecule has 0 aliphatic heterocycles. The number of benzene rings is 2. The van der Waals surface area contributed by atoms with Crippen molar-refractivity contribution in [1.82, 2.24) is 19.1 Å². The largest absolute Gasteiger partial charge is 0.390 e. The lowest BCUT2D eigenvalue weighted by Gasteiger charge is -2.36. The summed E-state index contributed by atoms with van der Waals surface area (Å²) in [5.74, 6) is -3.09. The molecule has 4 bridgehead atoms. The second kappa shape index (κ2) is 10.7. The van der Waals surface area contributed by atoms with Gasteiger partial charge < -0.3 is 0 Å². The SMILES string of the molecule is CC1(C)[C@@H]2CC[C@@]1(C)c1[nH]n(-c3ccc(F)cc3F)c(=O)c12.CC1(C)[C@@H]2CC[C@@]1(C)c1c2c(=O)n(-c2ccc(F)cc2F)n1CCC(F)(F)F. The molecule has 2 aromatic carbocycles. The van der Waals surface area contributed by atoms with Crippen molar-refractivity contribution in [2.75, 3.05) is 0 Å². The van der Waals surface area contributed by atoms with Crippen molar-refractivity contribution in [3.05, 3.63) is 103 Å². The highest BCUT2D eigenvalue weighted by atomic mass is 19.4. The van der Waals surface area contributed by atoms with Crippen molar-refractivity contribution < 1.29 is 30.7 Å². The Labute approximate surface area is 283 Å². The molecule has 0 radical (unpaired) electrons. The number of nitrogens with one attached hydrogen (secondary N) is 1. The van der Waals surface area contributed by atoms with E-state index < -0.39 is 53.4 Å². The molecule has 4 aliphatic carbocycles. The zero-order chi connectivity index (χ0) is 36.5. The van der Waals surface area contributed by atoms with Crippen LogP contribution >= 0.6 is 0 Å². The maximum absolute atomic E-state index is 14.5. The van der Waals surface area contributed by atoms with Gasteiger partial charge in [-0.1, -0.05) is 41.5 Å². The number of aromatic nitrogens is 4. The third-order valence-electron chi connectivity index (χ3n) is 13.2. The normalized spacial score (nSPS) is 26.6. The van der Waals surface area contributed by atoms with E-state index in [1.807, 2.05) is 20.8 Å². The van der Waals surface area contributed by atoms with Crippen LogP contribution in [-0.4, -0.2) is 25.3 Å². The molecule has 4 aromatic rings. The first kappa shape index (κ1) is 34.4. The lowest BCUT2D eigenvalue weighted by Crippen LogP contribution is -2.36. The standard InChI is InChI=1S/C20H21F5N2O.C17H18F2N2O/c1-18(2)12-6-7-19(18,3)16-15(12)17(28)27(26(16)9-8-20(23,24)25)14-5-4-11(21)10-13(14)22;1-16(2)10-6-7-17(16,3)14-13(10)15(22)21(20-14)12-5-4-9(18)8-11(12)19/h4-5,10,12H,6-9H2,1-3H3;4-5,8,10,20H,6-7H2,1-3H3/t12-,19+;10-,17+/m11/s1. The number of hydrogen-bond acceptors (Lipinski definition) is 2. The van der Waals surface area contributed by atoms with Crippen molar-refractivity contribution >= 4 is 0 Å². The van der Waals surface area contributed by atoms with Gasteiger partial charge in [-0.15, -0.1) is 0 Å². The molecule has 1 N–H and O–H groups in total. The molecule has 2 fully saturated rings. The number of H-pyrrole nitrogens is 1. The molecule has 4 atom stereocenters. The van der Waals surface area contributed by atoms with Gasteiger partial charge in [0.1, 0.15) is 23.0 Å². The van der Waals surface area contributed by atoms with Crippen molar-refractivity contribution in [2.24, 2.45) is 10.8 Å². The molecule has 0 amide bonds. The van der Waals surface area contributed by atoms with Gasteiger partial charge in [0.2, 0.25) is 0 Å². The molecule has 268 valence electrons. The average molecular weight is 705 g/mol. The number of alkyl halides is 3. The lowest BCUT2D eigenvalue weighted by atomic mass is 9.70. The Morgan fingerprint density at radius 2 is 1.26 bits per heavy atom. The van der Waals surface area contributed by atoms with Crippen LogP contribution in [0.3, 0.4) is 0 Å². The number of rotatable bonds is 4. The van der Waals surface area contributed by atoms with Crippen molar-refractivity contribution in [3.63, 3.8) is 0 Å². The van der Waals surface area contributed by atoms with Gasteiger partial charge in [-0.25, -0.2) is 26.9 Å². The number of fused-ring (bicyclic) bond motifs is 10. The second-order valence-electron chi connectivity index (χ2n) is 15.9. The van der Waals surface area contributed by atoms with Crippen LogP contribution in [0, 0.1) is 34.1 Å². The van der Waals surface area contributed by atoms with Gasteiger partial charge >= 0.3 is 6.18 Å². The monoisotopic (exact) mass is 704 g/mol. The average Bonchev–Trinajstić information content (AvgIpc) is 3.73. The van der Waals surface area contributed by atoms with Gasteiger partial charge in [0.05, 0.1) is 12.1 Å². The van der Waals surface area contributed by atoms with Crippen LogP contribution in [0.4, 0.5) is 30.7 Å². The molecule has 13 heteroatoms. The van der Waals surface area contributed by atoms with Gasteiger partial charge in [0.25, 0.3) is 11.1 Å². The predicted molar refractivity (Wildman–Crippen MR) is 173 cm³/mol. The van der Waals surface area contributed by atoms with Gasteiger partial charge in [0.15, 0.2) is 11.6 Å². The lowest BCUT2D eigenvalue weighted by molar-refractivity contribution is -0.137. The first-order valence-electron chi connectivity index (χ1n) is 16.8. The van der Waals surface area contributed by atoms with Crippen LogP contribution in [0.5, 0.6) is 0 Å². The Hall–Kier alpha value is -4.03. The topological polar surface area (TPSA) is 64.7 Å². The summed E-state index contributed by atoms with van der Waals surface area (Å²) in [6, 6.07) is 5.99. The van der Waals surface area contributed by atoms with Gasteiger partial charge in [0, 0.05) is 46.3 Å². The maximum Gasteiger partial charge on any atom is 0.390 e. The minimum Gasteiger partial charge on any atom is -0.294 e. The Kier molecular flexibility index (Phi) is 7.39. The van der Waals surface area contributed by atoms with Gasteiger partial charge in [-0.2, -0.15) is 13.2 Å². The third-order valence-corrected chi connectivity index (χ3v) is 13.2. The summed E-state index contributed by atoms with van der Waals surface area (Å²) >= 11 is 0. The van der Waals surface area contributed by atoms with E-state index in [0.29, 0.717) is 17.3 Å². The molecule has 2 aromatic heterocycles. The number of halogens is 7. The van der Waals surface area contributed by atoms with Crippen LogP contribution in [-0.2, 0) is 17.4 Å². The molecule has 2 heterocycles. The minimum absolute atomic E-state index is 0.0216. The Morgan fingerprint density at radius 1 is 0.740 bits per heavy atom. The van der Waals surface area contributed by atoms with E-state index in [4.69, 9.17) is 0 Å². The molecule has 2 saturated carbocycles. The highest BCUT2D eigenvalue weighted by Gasteiger charge is 2.63. The summed E-state index contributed by atoms with van der Waals surface area (Å²) in [6.07, 6.45) is -2.05. The molecular formula is C37H39F7N4O2. The first-order valence-corrected chi connectivity index (χ1v) is 16.8. The number of hydrogen-bond donors (Lipinski definition) is 1. The van der Waals surface area contributed by atoms with Crippen LogP contribution < -0.4 is 11.1 Å². The van der Waals surface area contributed by atoms with E-state index in [2.05, 4.69) is 25.9 Å². The zero-order valence-corrected chi connectivity index (χ0v) is 28.7. The summed E-state index contributed by atoms with van der Waals surface area (Å²) in [7, 11) is 0. The second-order valence-corrected chi connectivity index (χ2v) is 15.9. The minimum atomic E-state index is -4.42. The zero-order valence-electron chi connectivity index (χ0n) is 28.7.